The predicted molar refractivity (Wildman–Crippen MR) is 92.9 cm³/mol. The molecule has 2 rings (SSSR count). The number of hydrogen-bond acceptors (Lipinski definition) is 1. The van der Waals surface area contributed by atoms with E-state index in [0.29, 0.717) is 15.2 Å². The van der Waals surface area contributed by atoms with Crippen LogP contribution in [0.25, 0.3) is 6.08 Å². The number of nitrogens with one attached hydrogen (secondary N) is 1. The van der Waals surface area contributed by atoms with Gasteiger partial charge in [0.1, 0.15) is 0 Å². The minimum absolute atomic E-state index is 0.229. The lowest BCUT2D eigenvalue weighted by atomic mass is 10.1. The van der Waals surface area contributed by atoms with Gasteiger partial charge < -0.3 is 5.32 Å². The number of anilines is 1. The number of benzene rings is 2. The second-order valence-electron chi connectivity index (χ2n) is 4.80. The molecule has 2 aromatic rings. The normalized spacial score (nSPS) is 11.3. The molecule has 0 spiro atoms. The SMILES string of the molecule is Cc1cc(C)c(NC(=O)C(Br)=Cc2ccccc2)c(Cl)c1. The van der Waals surface area contributed by atoms with Crippen LogP contribution in [0.5, 0.6) is 0 Å². The molecule has 21 heavy (non-hydrogen) atoms. The van der Waals surface area contributed by atoms with Crippen molar-refractivity contribution in [2.24, 2.45) is 0 Å². The average molecular weight is 365 g/mol. The van der Waals surface area contributed by atoms with Crippen molar-refractivity contribution in [3.05, 3.63) is 68.7 Å². The van der Waals surface area contributed by atoms with E-state index in [9.17, 15) is 4.79 Å². The van der Waals surface area contributed by atoms with E-state index in [1.165, 1.54) is 0 Å². The van der Waals surface area contributed by atoms with Crippen molar-refractivity contribution in [1.29, 1.82) is 0 Å². The molecule has 2 aromatic carbocycles. The Hall–Kier alpha value is -1.58. The smallest absolute Gasteiger partial charge is 0.262 e. The summed E-state index contributed by atoms with van der Waals surface area (Å²) in [7, 11) is 0. The molecule has 0 aliphatic carbocycles. The Labute approximate surface area is 138 Å². The fourth-order valence-electron chi connectivity index (χ4n) is 2.01. The fraction of sp³-hybridized carbons (Fsp3) is 0.118. The van der Waals surface area contributed by atoms with E-state index >= 15 is 0 Å². The molecular formula is C17H15BrClNO. The first kappa shape index (κ1) is 15.8. The molecule has 0 bridgehead atoms. The van der Waals surface area contributed by atoms with E-state index in [2.05, 4.69) is 21.2 Å². The molecule has 108 valence electrons. The topological polar surface area (TPSA) is 29.1 Å². The minimum atomic E-state index is -0.229. The molecule has 0 saturated carbocycles. The zero-order valence-corrected chi connectivity index (χ0v) is 14.1. The van der Waals surface area contributed by atoms with Gasteiger partial charge in [0.05, 0.1) is 15.2 Å². The number of amides is 1. The van der Waals surface area contributed by atoms with Crippen LogP contribution in [0.4, 0.5) is 5.69 Å². The Kier molecular flexibility index (Phi) is 5.21. The summed E-state index contributed by atoms with van der Waals surface area (Å²) in [6.07, 6.45) is 1.77. The number of carbonyl (C=O) groups is 1. The Morgan fingerprint density at radius 2 is 1.86 bits per heavy atom. The second-order valence-corrected chi connectivity index (χ2v) is 6.06. The zero-order chi connectivity index (χ0) is 15.4. The third kappa shape index (κ3) is 4.19. The van der Waals surface area contributed by atoms with Crippen LogP contribution in [0.2, 0.25) is 5.02 Å². The fourth-order valence-corrected chi connectivity index (χ4v) is 2.74. The van der Waals surface area contributed by atoms with Crippen molar-refractivity contribution in [2.45, 2.75) is 13.8 Å². The number of aryl methyl sites for hydroxylation is 2. The third-order valence-corrected chi connectivity index (χ3v) is 3.87. The molecule has 1 amide bonds. The van der Waals surface area contributed by atoms with Gasteiger partial charge in [0, 0.05) is 0 Å². The molecule has 0 unspecified atom stereocenters. The van der Waals surface area contributed by atoms with Gasteiger partial charge in [-0.15, -0.1) is 0 Å². The summed E-state index contributed by atoms with van der Waals surface area (Å²) in [6.45, 7) is 3.89. The zero-order valence-electron chi connectivity index (χ0n) is 11.8. The van der Waals surface area contributed by atoms with Crippen molar-refractivity contribution < 1.29 is 4.79 Å². The van der Waals surface area contributed by atoms with Crippen LogP contribution < -0.4 is 5.32 Å². The van der Waals surface area contributed by atoms with Gasteiger partial charge in [0.2, 0.25) is 0 Å². The monoisotopic (exact) mass is 363 g/mol. The summed E-state index contributed by atoms with van der Waals surface area (Å²) >= 11 is 9.50. The lowest BCUT2D eigenvalue weighted by Gasteiger charge is -2.11. The molecule has 4 heteroatoms. The van der Waals surface area contributed by atoms with Crippen molar-refractivity contribution >= 4 is 45.2 Å². The molecule has 0 radical (unpaired) electrons. The standard InChI is InChI=1S/C17H15BrClNO/c1-11-8-12(2)16(15(19)9-11)20-17(21)14(18)10-13-6-4-3-5-7-13/h3-10H,1-2H3,(H,20,21). The van der Waals surface area contributed by atoms with Gasteiger partial charge in [-0.05, 0) is 58.6 Å². The summed E-state index contributed by atoms with van der Waals surface area (Å²) in [5.74, 6) is -0.229. The lowest BCUT2D eigenvalue weighted by molar-refractivity contribution is -0.112. The second kappa shape index (κ2) is 6.92. The highest BCUT2D eigenvalue weighted by molar-refractivity contribution is 9.12. The molecule has 0 saturated heterocycles. The summed E-state index contributed by atoms with van der Waals surface area (Å²) in [6, 6.07) is 13.4. The Balaban J connectivity index is 2.21. The molecular weight excluding hydrogens is 350 g/mol. The molecule has 2 nitrogen and oxygen atoms in total. The van der Waals surface area contributed by atoms with Crippen LogP contribution >= 0.6 is 27.5 Å². The third-order valence-electron chi connectivity index (χ3n) is 2.98. The molecule has 0 aliphatic rings. The van der Waals surface area contributed by atoms with Crippen LogP contribution in [-0.4, -0.2) is 5.91 Å². The number of hydrogen-bond donors (Lipinski definition) is 1. The van der Waals surface area contributed by atoms with Crippen molar-refractivity contribution in [3.63, 3.8) is 0 Å². The maximum atomic E-state index is 12.2. The first-order valence-electron chi connectivity index (χ1n) is 6.47. The maximum Gasteiger partial charge on any atom is 0.262 e. The summed E-state index contributed by atoms with van der Waals surface area (Å²) in [5, 5.41) is 3.38. The number of rotatable bonds is 3. The van der Waals surface area contributed by atoms with Gasteiger partial charge >= 0.3 is 0 Å². The highest BCUT2D eigenvalue weighted by Crippen LogP contribution is 2.28. The van der Waals surface area contributed by atoms with Crippen LogP contribution in [0, 0.1) is 13.8 Å². The molecule has 0 heterocycles. The summed E-state index contributed by atoms with van der Waals surface area (Å²) in [4.78, 5) is 12.2. The largest absolute Gasteiger partial charge is 0.320 e. The highest BCUT2D eigenvalue weighted by atomic mass is 79.9. The summed E-state index contributed by atoms with van der Waals surface area (Å²) < 4.78 is 0.449. The Morgan fingerprint density at radius 3 is 2.48 bits per heavy atom. The van der Waals surface area contributed by atoms with Crippen molar-refractivity contribution in [2.75, 3.05) is 5.32 Å². The molecule has 0 aliphatic heterocycles. The highest BCUT2D eigenvalue weighted by Gasteiger charge is 2.11. The van der Waals surface area contributed by atoms with E-state index in [1.54, 1.807) is 6.08 Å². The predicted octanol–water partition coefficient (Wildman–Crippen LogP) is 5.33. The first-order valence-corrected chi connectivity index (χ1v) is 7.65. The van der Waals surface area contributed by atoms with Crippen LogP contribution in [0.3, 0.4) is 0 Å². The van der Waals surface area contributed by atoms with Crippen LogP contribution in [-0.2, 0) is 4.79 Å². The molecule has 0 fully saturated rings. The van der Waals surface area contributed by atoms with Gasteiger partial charge in [-0.25, -0.2) is 0 Å². The minimum Gasteiger partial charge on any atom is -0.320 e. The van der Waals surface area contributed by atoms with Crippen LogP contribution in [0.1, 0.15) is 16.7 Å². The van der Waals surface area contributed by atoms with E-state index in [-0.39, 0.29) is 5.91 Å². The van der Waals surface area contributed by atoms with E-state index in [1.807, 2.05) is 56.3 Å². The molecule has 0 atom stereocenters. The van der Waals surface area contributed by atoms with Crippen molar-refractivity contribution in [3.8, 4) is 0 Å². The quantitative estimate of drug-likeness (QED) is 0.733. The lowest BCUT2D eigenvalue weighted by Crippen LogP contribution is -2.12. The maximum absolute atomic E-state index is 12.2. The van der Waals surface area contributed by atoms with Gasteiger partial charge in [-0.2, -0.15) is 0 Å². The van der Waals surface area contributed by atoms with E-state index in [4.69, 9.17) is 11.6 Å². The van der Waals surface area contributed by atoms with Gasteiger partial charge in [-0.1, -0.05) is 48.0 Å². The number of carbonyl (C=O) groups excluding carboxylic acids is 1. The van der Waals surface area contributed by atoms with E-state index < -0.39 is 0 Å². The first-order chi connectivity index (χ1) is 9.97. The molecule has 1 N–H and O–H groups in total. The Morgan fingerprint density at radius 1 is 1.19 bits per heavy atom. The van der Waals surface area contributed by atoms with Crippen molar-refractivity contribution in [1.82, 2.24) is 0 Å². The number of halogens is 2. The molecule has 0 aromatic heterocycles. The van der Waals surface area contributed by atoms with E-state index in [0.717, 1.165) is 16.7 Å². The van der Waals surface area contributed by atoms with Gasteiger partial charge in [0.25, 0.3) is 5.91 Å². The summed E-state index contributed by atoms with van der Waals surface area (Å²) in [5.41, 5.74) is 3.60. The van der Waals surface area contributed by atoms with Crippen LogP contribution in [0.15, 0.2) is 46.9 Å². The average Bonchev–Trinajstić information content (AvgIpc) is 2.43. The van der Waals surface area contributed by atoms with Gasteiger partial charge in [0.15, 0.2) is 0 Å². The Bertz CT molecular complexity index is 672. The van der Waals surface area contributed by atoms with Gasteiger partial charge in [-0.3, -0.25) is 4.79 Å².